The number of carbonyl (C=O) groups excluding carboxylic acids is 1. The molecule has 4 rings (SSSR count). The molecule has 0 aliphatic heterocycles. The lowest BCUT2D eigenvalue weighted by Gasteiger charge is -2.08. The summed E-state index contributed by atoms with van der Waals surface area (Å²) < 4.78 is 10.5. The predicted octanol–water partition coefficient (Wildman–Crippen LogP) is 2.96. The standard InChI is InChI=1S/C21H17N5O4/c1-13-22-19(26-30-13)12-29-17-7-5-14(6-8-17)21(28)23-16-4-2-3-15(11-16)18-9-10-20(27)25-24-18/h2-11H,12H2,1H3,(H,23,28)(H,25,27). The minimum Gasteiger partial charge on any atom is -0.485 e. The summed E-state index contributed by atoms with van der Waals surface area (Å²) in [6.45, 7) is 1.88. The van der Waals surface area contributed by atoms with E-state index in [1.54, 1.807) is 55.5 Å². The number of aromatic nitrogens is 4. The molecule has 1 amide bonds. The molecule has 0 aliphatic rings. The zero-order valence-corrected chi connectivity index (χ0v) is 16.0. The van der Waals surface area contributed by atoms with Crippen molar-refractivity contribution >= 4 is 11.6 Å². The van der Waals surface area contributed by atoms with Crippen molar-refractivity contribution in [2.75, 3.05) is 5.32 Å². The molecule has 150 valence electrons. The molecular weight excluding hydrogens is 386 g/mol. The van der Waals surface area contributed by atoms with Crippen LogP contribution in [-0.2, 0) is 6.61 Å². The Bertz CT molecular complexity index is 1210. The molecule has 9 heteroatoms. The van der Waals surface area contributed by atoms with E-state index in [1.165, 1.54) is 6.07 Å². The lowest BCUT2D eigenvalue weighted by atomic mass is 10.1. The van der Waals surface area contributed by atoms with Crippen LogP contribution in [0.2, 0.25) is 0 Å². The van der Waals surface area contributed by atoms with Gasteiger partial charge in [-0.15, -0.1) is 0 Å². The fourth-order valence-electron chi connectivity index (χ4n) is 2.72. The summed E-state index contributed by atoms with van der Waals surface area (Å²) >= 11 is 0. The first-order valence-electron chi connectivity index (χ1n) is 9.06. The quantitative estimate of drug-likeness (QED) is 0.507. The van der Waals surface area contributed by atoms with Gasteiger partial charge < -0.3 is 14.6 Å². The number of amides is 1. The van der Waals surface area contributed by atoms with Crippen LogP contribution in [0.15, 0.2) is 70.0 Å². The highest BCUT2D eigenvalue weighted by Gasteiger charge is 2.09. The van der Waals surface area contributed by atoms with Gasteiger partial charge in [-0.05, 0) is 42.5 Å². The molecule has 0 aliphatic carbocycles. The van der Waals surface area contributed by atoms with E-state index in [9.17, 15) is 9.59 Å². The van der Waals surface area contributed by atoms with Crippen LogP contribution in [-0.4, -0.2) is 26.2 Å². The highest BCUT2D eigenvalue weighted by Crippen LogP contribution is 2.21. The molecule has 2 heterocycles. The van der Waals surface area contributed by atoms with E-state index in [1.807, 2.05) is 6.07 Å². The normalized spacial score (nSPS) is 10.6. The van der Waals surface area contributed by atoms with Crippen LogP contribution in [0.25, 0.3) is 11.3 Å². The largest absolute Gasteiger partial charge is 0.485 e. The van der Waals surface area contributed by atoms with Crippen LogP contribution in [0, 0.1) is 6.92 Å². The lowest BCUT2D eigenvalue weighted by molar-refractivity contribution is 0.102. The topological polar surface area (TPSA) is 123 Å². The SMILES string of the molecule is Cc1nc(COc2ccc(C(=O)Nc3cccc(-c4ccc(=O)[nH]n4)c3)cc2)no1. The van der Waals surface area contributed by atoms with Crippen LogP contribution < -0.4 is 15.6 Å². The van der Waals surface area contributed by atoms with E-state index in [4.69, 9.17) is 9.26 Å². The molecule has 0 unspecified atom stereocenters. The summed E-state index contributed by atoms with van der Waals surface area (Å²) in [5.41, 5.74) is 2.18. The molecule has 0 bridgehead atoms. The fourth-order valence-corrected chi connectivity index (χ4v) is 2.72. The summed E-state index contributed by atoms with van der Waals surface area (Å²) in [5.74, 6) is 1.24. The molecule has 9 nitrogen and oxygen atoms in total. The van der Waals surface area contributed by atoms with E-state index < -0.39 is 0 Å². The van der Waals surface area contributed by atoms with Crippen molar-refractivity contribution in [3.8, 4) is 17.0 Å². The number of H-pyrrole nitrogens is 1. The van der Waals surface area contributed by atoms with Crippen molar-refractivity contribution in [1.29, 1.82) is 0 Å². The van der Waals surface area contributed by atoms with Gasteiger partial charge in [-0.2, -0.15) is 10.1 Å². The molecule has 2 aromatic carbocycles. The Kier molecular flexibility index (Phi) is 5.33. The van der Waals surface area contributed by atoms with Gasteiger partial charge in [0.1, 0.15) is 5.75 Å². The smallest absolute Gasteiger partial charge is 0.264 e. The number of ether oxygens (including phenoxy) is 1. The third-order valence-corrected chi connectivity index (χ3v) is 4.15. The number of hydrogen-bond donors (Lipinski definition) is 2. The number of hydrogen-bond acceptors (Lipinski definition) is 7. The summed E-state index contributed by atoms with van der Waals surface area (Å²) in [5, 5.41) is 13.0. The number of carbonyl (C=O) groups is 1. The average Bonchev–Trinajstić information content (AvgIpc) is 3.18. The molecule has 2 N–H and O–H groups in total. The first kappa shape index (κ1) is 19.1. The van der Waals surface area contributed by atoms with Crippen molar-refractivity contribution in [2.45, 2.75) is 13.5 Å². The Morgan fingerprint density at radius 3 is 2.67 bits per heavy atom. The van der Waals surface area contributed by atoms with Crippen LogP contribution in [0.1, 0.15) is 22.1 Å². The molecule has 4 aromatic rings. The lowest BCUT2D eigenvalue weighted by Crippen LogP contribution is -2.12. The van der Waals surface area contributed by atoms with Crippen molar-refractivity contribution in [2.24, 2.45) is 0 Å². The number of aryl methyl sites for hydroxylation is 1. The zero-order valence-electron chi connectivity index (χ0n) is 16.0. The second-order valence-electron chi connectivity index (χ2n) is 6.38. The van der Waals surface area contributed by atoms with Crippen molar-refractivity contribution < 1.29 is 14.1 Å². The number of rotatable bonds is 6. The van der Waals surface area contributed by atoms with E-state index >= 15 is 0 Å². The van der Waals surface area contributed by atoms with Gasteiger partial charge in [-0.25, -0.2) is 5.10 Å². The van der Waals surface area contributed by atoms with E-state index in [-0.39, 0.29) is 18.1 Å². The number of nitrogens with one attached hydrogen (secondary N) is 2. The first-order chi connectivity index (χ1) is 14.6. The summed E-state index contributed by atoms with van der Waals surface area (Å²) in [6.07, 6.45) is 0. The summed E-state index contributed by atoms with van der Waals surface area (Å²) in [6, 6.07) is 16.9. The van der Waals surface area contributed by atoms with Crippen LogP contribution in [0.3, 0.4) is 0 Å². The fraction of sp³-hybridized carbons (Fsp3) is 0.0952. The molecule has 2 aromatic heterocycles. The van der Waals surface area contributed by atoms with Gasteiger partial charge in [0.2, 0.25) is 11.7 Å². The molecule has 0 saturated heterocycles. The minimum atomic E-state index is -0.275. The summed E-state index contributed by atoms with van der Waals surface area (Å²) in [4.78, 5) is 27.8. The number of nitrogens with zero attached hydrogens (tertiary/aromatic N) is 3. The number of aromatic amines is 1. The molecule has 30 heavy (non-hydrogen) atoms. The van der Waals surface area contributed by atoms with Gasteiger partial charge in [0, 0.05) is 29.8 Å². The molecule has 0 fully saturated rings. The highest BCUT2D eigenvalue weighted by molar-refractivity contribution is 6.04. The van der Waals surface area contributed by atoms with E-state index in [2.05, 4.69) is 25.7 Å². The number of benzene rings is 2. The Balaban J connectivity index is 1.40. The minimum absolute atomic E-state index is 0.175. The van der Waals surface area contributed by atoms with Gasteiger partial charge in [0.25, 0.3) is 11.5 Å². The third-order valence-electron chi connectivity index (χ3n) is 4.15. The Hall–Kier alpha value is -4.27. The van der Waals surface area contributed by atoms with Gasteiger partial charge in [-0.3, -0.25) is 9.59 Å². The van der Waals surface area contributed by atoms with Crippen molar-refractivity contribution in [3.05, 3.63) is 88.3 Å². The van der Waals surface area contributed by atoms with Gasteiger partial charge >= 0.3 is 0 Å². The van der Waals surface area contributed by atoms with Crippen LogP contribution in [0.4, 0.5) is 5.69 Å². The highest BCUT2D eigenvalue weighted by atomic mass is 16.5. The zero-order chi connectivity index (χ0) is 20.9. The van der Waals surface area contributed by atoms with E-state index in [0.717, 1.165) is 5.56 Å². The van der Waals surface area contributed by atoms with Crippen molar-refractivity contribution in [1.82, 2.24) is 20.3 Å². The van der Waals surface area contributed by atoms with Crippen LogP contribution >= 0.6 is 0 Å². The van der Waals surface area contributed by atoms with Crippen molar-refractivity contribution in [3.63, 3.8) is 0 Å². The third kappa shape index (κ3) is 4.58. The Morgan fingerprint density at radius 1 is 1.13 bits per heavy atom. The monoisotopic (exact) mass is 403 g/mol. The maximum Gasteiger partial charge on any atom is 0.264 e. The Morgan fingerprint density at radius 2 is 1.97 bits per heavy atom. The molecular formula is C21H17N5O4. The molecule has 0 atom stereocenters. The molecule has 0 radical (unpaired) electrons. The van der Waals surface area contributed by atoms with Gasteiger partial charge in [-0.1, -0.05) is 17.3 Å². The summed E-state index contributed by atoms with van der Waals surface area (Å²) in [7, 11) is 0. The molecule has 0 spiro atoms. The van der Waals surface area contributed by atoms with Gasteiger partial charge in [0.05, 0.1) is 5.69 Å². The first-order valence-corrected chi connectivity index (χ1v) is 9.06. The average molecular weight is 403 g/mol. The second-order valence-corrected chi connectivity index (χ2v) is 6.38. The predicted molar refractivity (Wildman–Crippen MR) is 108 cm³/mol. The maximum absolute atomic E-state index is 12.6. The maximum atomic E-state index is 12.6. The van der Waals surface area contributed by atoms with Gasteiger partial charge in [0.15, 0.2) is 6.61 Å². The number of anilines is 1. The second kappa shape index (κ2) is 8.39. The van der Waals surface area contributed by atoms with Crippen LogP contribution in [0.5, 0.6) is 5.75 Å². The molecule has 0 saturated carbocycles. The van der Waals surface area contributed by atoms with E-state index in [0.29, 0.717) is 34.4 Å². The Labute approximate surface area is 170 Å².